The van der Waals surface area contributed by atoms with Crippen LogP contribution in [0.25, 0.3) is 0 Å². The minimum Gasteiger partial charge on any atom is -0.340 e. The number of hydrogen-bond acceptors (Lipinski definition) is 5. The Morgan fingerprint density at radius 2 is 2.25 bits per heavy atom. The maximum Gasteiger partial charge on any atom is 0.289 e. The number of amides is 3. The van der Waals surface area contributed by atoms with E-state index < -0.39 is 0 Å². The molecule has 0 aliphatic carbocycles. The lowest BCUT2D eigenvalue weighted by Gasteiger charge is -2.21. The quantitative estimate of drug-likeness (QED) is 0.850. The fraction of sp³-hybridized carbons (Fsp3) is 0.462. The van der Waals surface area contributed by atoms with E-state index in [4.69, 9.17) is 0 Å². The molecule has 0 radical (unpaired) electrons. The third-order valence-electron chi connectivity index (χ3n) is 3.60. The molecule has 3 rings (SSSR count). The van der Waals surface area contributed by atoms with E-state index in [1.807, 2.05) is 16.8 Å². The Hall–Kier alpha value is -1.34. The Kier molecular flexibility index (Phi) is 3.80. The maximum atomic E-state index is 12.2. The van der Waals surface area contributed by atoms with Crippen molar-refractivity contribution in [2.45, 2.75) is 18.9 Å². The van der Waals surface area contributed by atoms with Gasteiger partial charge in [0.25, 0.3) is 5.24 Å². The topological polar surface area (TPSA) is 57.7 Å². The van der Waals surface area contributed by atoms with Gasteiger partial charge in [-0.1, -0.05) is 11.8 Å². The summed E-state index contributed by atoms with van der Waals surface area (Å²) in [6.07, 6.45) is 1.08. The van der Waals surface area contributed by atoms with Crippen molar-refractivity contribution < 1.29 is 14.4 Å². The lowest BCUT2D eigenvalue weighted by atomic mass is 10.2. The second-order valence-corrected chi connectivity index (χ2v) is 6.62. The van der Waals surface area contributed by atoms with Gasteiger partial charge < -0.3 is 4.90 Å². The molecule has 0 N–H and O–H groups in total. The summed E-state index contributed by atoms with van der Waals surface area (Å²) in [6, 6.07) is 1.80. The van der Waals surface area contributed by atoms with Gasteiger partial charge in [-0.25, -0.2) is 0 Å². The molecule has 106 valence electrons. The average molecular weight is 310 g/mol. The first-order valence-corrected chi connectivity index (χ1v) is 8.35. The van der Waals surface area contributed by atoms with Crippen LogP contribution < -0.4 is 0 Å². The molecule has 0 bridgehead atoms. The molecule has 2 aliphatic heterocycles. The second-order valence-electron chi connectivity index (χ2n) is 4.91. The zero-order valence-corrected chi connectivity index (χ0v) is 12.4. The second kappa shape index (κ2) is 5.57. The first kappa shape index (κ1) is 13.6. The van der Waals surface area contributed by atoms with Crippen molar-refractivity contribution in [3.05, 3.63) is 22.4 Å². The van der Waals surface area contributed by atoms with Crippen LogP contribution in [0, 0.1) is 0 Å². The molecule has 0 aromatic carbocycles. The zero-order valence-electron chi connectivity index (χ0n) is 10.8. The molecule has 1 aromatic rings. The van der Waals surface area contributed by atoms with E-state index in [1.54, 1.807) is 16.2 Å². The van der Waals surface area contributed by atoms with Crippen molar-refractivity contribution >= 4 is 40.2 Å². The van der Waals surface area contributed by atoms with Crippen molar-refractivity contribution in [1.29, 1.82) is 0 Å². The van der Waals surface area contributed by atoms with Crippen LogP contribution in [0.1, 0.15) is 12.0 Å². The predicted molar refractivity (Wildman–Crippen MR) is 77.7 cm³/mol. The number of thioether (sulfide) groups is 1. The first-order valence-electron chi connectivity index (χ1n) is 6.43. The van der Waals surface area contributed by atoms with Crippen LogP contribution in [-0.4, -0.2) is 51.7 Å². The van der Waals surface area contributed by atoms with E-state index in [0.29, 0.717) is 25.9 Å². The Bertz CT molecular complexity index is 528. The molecule has 1 aromatic heterocycles. The summed E-state index contributed by atoms with van der Waals surface area (Å²) in [4.78, 5) is 38.6. The molecule has 1 atom stereocenters. The molecule has 2 saturated heterocycles. The van der Waals surface area contributed by atoms with Crippen molar-refractivity contribution in [3.8, 4) is 0 Å². The highest BCUT2D eigenvalue weighted by molar-refractivity contribution is 8.14. The molecule has 0 saturated carbocycles. The number of imide groups is 1. The van der Waals surface area contributed by atoms with E-state index in [2.05, 4.69) is 0 Å². The van der Waals surface area contributed by atoms with Gasteiger partial charge in [-0.15, -0.1) is 0 Å². The minimum absolute atomic E-state index is 0.0673. The number of likely N-dealkylation sites (tertiary alicyclic amines) is 1. The largest absolute Gasteiger partial charge is 0.340 e. The monoisotopic (exact) mass is 310 g/mol. The smallest absolute Gasteiger partial charge is 0.289 e. The van der Waals surface area contributed by atoms with Crippen molar-refractivity contribution in [2.24, 2.45) is 0 Å². The fourth-order valence-electron chi connectivity index (χ4n) is 2.58. The lowest BCUT2D eigenvalue weighted by molar-refractivity contribution is -0.131. The summed E-state index contributed by atoms with van der Waals surface area (Å²) in [5.41, 5.74) is 1.02. The molecular formula is C13H14N2O3S2. The zero-order chi connectivity index (χ0) is 14.1. The van der Waals surface area contributed by atoms with Crippen LogP contribution in [0.15, 0.2) is 16.8 Å². The van der Waals surface area contributed by atoms with Crippen molar-refractivity contribution in [2.75, 3.05) is 18.8 Å². The van der Waals surface area contributed by atoms with Gasteiger partial charge in [0.2, 0.25) is 11.8 Å². The third-order valence-corrected chi connectivity index (χ3v) is 5.17. The number of carbonyl (C=O) groups excluding carboxylic acids is 3. The molecule has 3 amide bonds. The molecule has 2 aliphatic rings. The van der Waals surface area contributed by atoms with Crippen LogP contribution in [0.5, 0.6) is 0 Å². The molecule has 0 spiro atoms. The summed E-state index contributed by atoms with van der Waals surface area (Å²) < 4.78 is 0. The molecule has 2 fully saturated rings. The van der Waals surface area contributed by atoms with Crippen LogP contribution in [0.2, 0.25) is 0 Å². The highest BCUT2D eigenvalue weighted by Crippen LogP contribution is 2.26. The molecule has 7 heteroatoms. The van der Waals surface area contributed by atoms with E-state index in [-0.39, 0.29) is 28.8 Å². The number of carbonyl (C=O) groups is 3. The van der Waals surface area contributed by atoms with E-state index in [9.17, 15) is 14.4 Å². The summed E-state index contributed by atoms with van der Waals surface area (Å²) in [7, 11) is 0. The number of thiophene rings is 1. The standard InChI is InChI=1S/C13H14N2O3S2/c16-11(5-9-2-4-19-7-9)14-3-1-10(6-14)15-12(17)8-20-13(15)18/h2,4,7,10H,1,3,5-6,8H2/t10-/m0/s1. The van der Waals surface area contributed by atoms with Crippen LogP contribution in [0.4, 0.5) is 4.79 Å². The normalized spacial score (nSPS) is 22.9. The van der Waals surface area contributed by atoms with Gasteiger partial charge in [0, 0.05) is 13.1 Å². The average Bonchev–Trinajstić information content (AvgIpc) is 3.11. The highest BCUT2D eigenvalue weighted by atomic mass is 32.2. The summed E-state index contributed by atoms with van der Waals surface area (Å²) in [5.74, 6) is 0.174. The van der Waals surface area contributed by atoms with Crippen molar-refractivity contribution in [3.63, 3.8) is 0 Å². The Morgan fingerprint density at radius 3 is 2.90 bits per heavy atom. The van der Waals surface area contributed by atoms with Crippen LogP contribution in [0.3, 0.4) is 0 Å². The summed E-state index contributed by atoms with van der Waals surface area (Å²) in [5, 5.41) is 3.75. The first-order chi connectivity index (χ1) is 9.65. The van der Waals surface area contributed by atoms with Gasteiger partial charge in [-0.3, -0.25) is 19.3 Å². The molecule has 0 unspecified atom stereocenters. The molecule has 20 heavy (non-hydrogen) atoms. The summed E-state index contributed by atoms with van der Waals surface area (Å²) >= 11 is 2.62. The van der Waals surface area contributed by atoms with Gasteiger partial charge >= 0.3 is 0 Å². The predicted octanol–water partition coefficient (Wildman–Crippen LogP) is 1.59. The van der Waals surface area contributed by atoms with Crippen LogP contribution in [-0.2, 0) is 16.0 Å². The fourth-order valence-corrected chi connectivity index (χ4v) is 4.02. The molecule has 3 heterocycles. The minimum atomic E-state index is -0.174. The van der Waals surface area contributed by atoms with Gasteiger partial charge in [-0.2, -0.15) is 11.3 Å². The lowest BCUT2D eigenvalue weighted by Crippen LogP contribution is -2.41. The number of hydrogen-bond donors (Lipinski definition) is 0. The van der Waals surface area contributed by atoms with E-state index in [0.717, 1.165) is 17.3 Å². The Balaban J connectivity index is 1.60. The van der Waals surface area contributed by atoms with Gasteiger partial charge in [0.1, 0.15) is 0 Å². The van der Waals surface area contributed by atoms with Gasteiger partial charge in [0.15, 0.2) is 0 Å². The van der Waals surface area contributed by atoms with Gasteiger partial charge in [0.05, 0.1) is 18.2 Å². The third kappa shape index (κ3) is 2.60. The van der Waals surface area contributed by atoms with Gasteiger partial charge in [-0.05, 0) is 28.8 Å². The van der Waals surface area contributed by atoms with E-state index in [1.165, 1.54) is 4.90 Å². The van der Waals surface area contributed by atoms with Crippen molar-refractivity contribution in [1.82, 2.24) is 9.80 Å². The number of rotatable bonds is 3. The van der Waals surface area contributed by atoms with E-state index >= 15 is 0 Å². The highest BCUT2D eigenvalue weighted by Gasteiger charge is 2.40. The maximum absolute atomic E-state index is 12.2. The molecular weight excluding hydrogens is 296 g/mol. The molecule has 5 nitrogen and oxygen atoms in total. The van der Waals surface area contributed by atoms with Crippen LogP contribution >= 0.6 is 23.1 Å². The Morgan fingerprint density at radius 1 is 1.40 bits per heavy atom. The summed E-state index contributed by atoms with van der Waals surface area (Å²) in [6.45, 7) is 1.09. The Labute approximate surface area is 124 Å². The number of nitrogens with zero attached hydrogens (tertiary/aromatic N) is 2. The SMILES string of the molecule is O=C(Cc1ccsc1)N1CC[C@H](N2C(=O)CSC2=O)C1.